The van der Waals surface area contributed by atoms with E-state index in [1.807, 2.05) is 22.7 Å². The van der Waals surface area contributed by atoms with E-state index in [1.54, 1.807) is 0 Å². The summed E-state index contributed by atoms with van der Waals surface area (Å²) in [6.45, 7) is 0. The number of hydrogen-bond acceptors (Lipinski definition) is 4. The lowest BCUT2D eigenvalue weighted by molar-refractivity contribution is 1.29. The molecular weight excluding hydrogens is 573 g/mol. The van der Waals surface area contributed by atoms with Crippen molar-refractivity contribution < 1.29 is 0 Å². The topological polar surface area (TPSA) is 6.48 Å². The van der Waals surface area contributed by atoms with Gasteiger partial charge in [0.1, 0.15) is 0 Å². The van der Waals surface area contributed by atoms with Crippen molar-refractivity contribution in [1.29, 1.82) is 0 Å². The van der Waals surface area contributed by atoms with E-state index in [-0.39, 0.29) is 0 Å². The highest BCUT2D eigenvalue weighted by Gasteiger charge is 2.16. The fourth-order valence-corrected chi connectivity index (χ4v) is 8.03. The van der Waals surface area contributed by atoms with Gasteiger partial charge in [-0.1, -0.05) is 84.9 Å². The van der Waals surface area contributed by atoms with Gasteiger partial charge in [0.2, 0.25) is 0 Å². The molecule has 0 bridgehead atoms. The maximum Gasteiger partial charge on any atom is 0.0476 e. The van der Waals surface area contributed by atoms with E-state index in [2.05, 4.69) is 180 Å². The Labute approximate surface area is 265 Å². The van der Waals surface area contributed by atoms with Crippen molar-refractivity contribution in [2.75, 3.05) is 9.80 Å². The maximum absolute atomic E-state index is 2.34. The molecule has 0 aliphatic heterocycles. The van der Waals surface area contributed by atoms with Crippen LogP contribution in [0, 0.1) is 0 Å². The Balaban J connectivity index is 1.17. The minimum absolute atomic E-state index is 1.15. The molecule has 2 nitrogen and oxygen atoms in total. The molecule has 0 N–H and O–H groups in total. The highest BCUT2D eigenvalue weighted by molar-refractivity contribution is 7.28. The number of benzene rings is 6. The first-order valence-corrected chi connectivity index (χ1v) is 16.3. The number of para-hydroxylation sites is 4. The molecule has 0 saturated carbocycles. The van der Waals surface area contributed by atoms with Crippen molar-refractivity contribution in [1.82, 2.24) is 0 Å². The lowest BCUT2D eigenvalue weighted by Gasteiger charge is -2.25. The second-order valence-corrected chi connectivity index (χ2v) is 12.8. The SMILES string of the molecule is c1ccc(N(c2ccccc2)c2ccc3cc(-c4cc5ccc(N(c6ccccc6)c6ccccc6)cc5s4)sc3c2)cc1. The summed E-state index contributed by atoms with van der Waals surface area (Å²) in [5.41, 5.74) is 6.91. The molecule has 0 radical (unpaired) electrons. The zero-order chi connectivity index (χ0) is 29.3. The summed E-state index contributed by atoms with van der Waals surface area (Å²) in [6.07, 6.45) is 0. The first kappa shape index (κ1) is 26.5. The number of nitrogens with zero attached hydrogens (tertiary/aromatic N) is 2. The molecular formula is C40H28N2S2. The first-order valence-electron chi connectivity index (χ1n) is 14.7. The number of anilines is 6. The van der Waals surface area contributed by atoms with Crippen molar-refractivity contribution in [2.24, 2.45) is 0 Å². The van der Waals surface area contributed by atoms with Gasteiger partial charge in [-0.05, 0) is 95.7 Å². The van der Waals surface area contributed by atoms with Gasteiger partial charge >= 0.3 is 0 Å². The molecule has 0 aliphatic carbocycles. The number of thiophene rings is 2. The average molecular weight is 601 g/mol. The second-order valence-electron chi connectivity index (χ2n) is 10.7. The molecule has 8 aromatic rings. The molecule has 0 aliphatic rings. The summed E-state index contributed by atoms with van der Waals surface area (Å²) >= 11 is 3.73. The molecule has 210 valence electrons. The molecule has 0 unspecified atom stereocenters. The quantitative estimate of drug-likeness (QED) is 0.180. The normalized spacial score (nSPS) is 11.2. The summed E-state index contributed by atoms with van der Waals surface area (Å²) in [7, 11) is 0. The predicted molar refractivity (Wildman–Crippen MR) is 192 cm³/mol. The van der Waals surface area contributed by atoms with E-state index in [0.29, 0.717) is 0 Å². The van der Waals surface area contributed by atoms with E-state index in [0.717, 1.165) is 34.1 Å². The molecule has 0 saturated heterocycles. The van der Waals surface area contributed by atoms with Gasteiger partial charge in [-0.25, -0.2) is 0 Å². The predicted octanol–water partition coefficient (Wildman–Crippen LogP) is 12.7. The van der Waals surface area contributed by atoms with E-state index in [4.69, 9.17) is 0 Å². The van der Waals surface area contributed by atoms with Gasteiger partial charge in [0.25, 0.3) is 0 Å². The minimum atomic E-state index is 1.15. The number of rotatable bonds is 7. The van der Waals surface area contributed by atoms with Crippen LogP contribution in [0.1, 0.15) is 0 Å². The van der Waals surface area contributed by atoms with Crippen molar-refractivity contribution >= 4 is 77.0 Å². The van der Waals surface area contributed by atoms with Crippen molar-refractivity contribution in [3.8, 4) is 9.75 Å². The number of hydrogen-bond donors (Lipinski definition) is 0. The first-order chi connectivity index (χ1) is 21.8. The Morgan fingerprint density at radius 3 is 0.932 bits per heavy atom. The third-order valence-corrected chi connectivity index (χ3v) is 10.2. The Bertz CT molecular complexity index is 1930. The van der Waals surface area contributed by atoms with Gasteiger partial charge in [0.05, 0.1) is 0 Å². The van der Waals surface area contributed by atoms with Gasteiger partial charge in [0.15, 0.2) is 0 Å². The third kappa shape index (κ3) is 5.05. The molecule has 0 atom stereocenters. The van der Waals surface area contributed by atoms with Crippen LogP contribution in [0.5, 0.6) is 0 Å². The molecule has 2 heterocycles. The summed E-state index contributed by atoms with van der Waals surface area (Å²) < 4.78 is 2.57. The van der Waals surface area contributed by atoms with E-state index >= 15 is 0 Å². The monoisotopic (exact) mass is 600 g/mol. The van der Waals surface area contributed by atoms with Gasteiger partial charge < -0.3 is 9.80 Å². The third-order valence-electron chi connectivity index (χ3n) is 7.82. The van der Waals surface area contributed by atoms with Gasteiger partial charge in [-0.3, -0.25) is 0 Å². The lowest BCUT2D eigenvalue weighted by Crippen LogP contribution is -2.09. The van der Waals surface area contributed by atoms with Crippen LogP contribution in [0.15, 0.2) is 170 Å². The highest BCUT2D eigenvalue weighted by Crippen LogP contribution is 2.44. The second kappa shape index (κ2) is 11.5. The minimum Gasteiger partial charge on any atom is -0.310 e. The summed E-state index contributed by atoms with van der Waals surface area (Å²) in [5, 5.41) is 2.54. The van der Waals surface area contributed by atoms with Crippen molar-refractivity contribution in [3.05, 3.63) is 170 Å². The fraction of sp³-hybridized carbons (Fsp3) is 0. The van der Waals surface area contributed by atoms with Gasteiger partial charge in [-0.2, -0.15) is 0 Å². The smallest absolute Gasteiger partial charge is 0.0476 e. The molecule has 0 spiro atoms. The lowest BCUT2D eigenvalue weighted by atomic mass is 10.1. The largest absolute Gasteiger partial charge is 0.310 e. The summed E-state index contributed by atoms with van der Waals surface area (Å²) in [6, 6.07) is 60.7. The Morgan fingerprint density at radius 2 is 0.614 bits per heavy atom. The van der Waals surface area contributed by atoms with Crippen LogP contribution in [0.3, 0.4) is 0 Å². The van der Waals surface area contributed by atoms with Crippen LogP contribution in [0.4, 0.5) is 34.1 Å². The van der Waals surface area contributed by atoms with E-state index < -0.39 is 0 Å². The van der Waals surface area contributed by atoms with E-state index in [1.165, 1.54) is 29.9 Å². The number of fused-ring (bicyclic) bond motifs is 2. The van der Waals surface area contributed by atoms with Crippen LogP contribution < -0.4 is 9.80 Å². The average Bonchev–Trinajstić information content (AvgIpc) is 3.71. The van der Waals surface area contributed by atoms with Crippen LogP contribution >= 0.6 is 22.7 Å². The summed E-state index contributed by atoms with van der Waals surface area (Å²) in [5.74, 6) is 0. The van der Waals surface area contributed by atoms with Gasteiger partial charge in [0, 0.05) is 53.3 Å². The summed E-state index contributed by atoms with van der Waals surface area (Å²) in [4.78, 5) is 7.25. The maximum atomic E-state index is 2.34. The van der Waals surface area contributed by atoms with E-state index in [9.17, 15) is 0 Å². The van der Waals surface area contributed by atoms with Crippen molar-refractivity contribution in [3.63, 3.8) is 0 Å². The molecule has 0 fully saturated rings. The standard InChI is InChI=1S/C40H28N2S2/c1-5-13-31(14-6-1)41(32-15-7-2-8-16-32)35-23-21-29-25-39(43-37(29)27-35)40-26-30-22-24-36(28-38(30)44-40)42(33-17-9-3-10-18-33)34-19-11-4-12-20-34/h1-28H. The van der Waals surface area contributed by atoms with Crippen LogP contribution in [-0.4, -0.2) is 0 Å². The van der Waals surface area contributed by atoms with Gasteiger partial charge in [-0.15, -0.1) is 22.7 Å². The Hall–Kier alpha value is -5.16. The van der Waals surface area contributed by atoms with Crippen molar-refractivity contribution in [2.45, 2.75) is 0 Å². The zero-order valence-corrected chi connectivity index (χ0v) is 25.5. The zero-order valence-electron chi connectivity index (χ0n) is 23.9. The Kier molecular flexibility index (Phi) is 6.91. The molecule has 2 aromatic heterocycles. The van der Waals surface area contributed by atoms with Crippen LogP contribution in [-0.2, 0) is 0 Å². The highest BCUT2D eigenvalue weighted by atomic mass is 32.1. The van der Waals surface area contributed by atoms with Crippen LogP contribution in [0.2, 0.25) is 0 Å². The Morgan fingerprint density at radius 1 is 0.295 bits per heavy atom. The molecule has 0 amide bonds. The fourth-order valence-electron chi connectivity index (χ4n) is 5.76. The molecule has 6 aromatic carbocycles. The van der Waals surface area contributed by atoms with Crippen LogP contribution in [0.25, 0.3) is 29.9 Å². The molecule has 4 heteroatoms. The molecule has 44 heavy (non-hydrogen) atoms. The molecule has 8 rings (SSSR count).